The quantitative estimate of drug-likeness (QED) is 0.589. The number of carbonyl (C=O) groups excluding carboxylic acids is 2. The van der Waals surface area contributed by atoms with Crippen molar-refractivity contribution in [2.24, 2.45) is 0 Å². The molecule has 3 aromatic rings. The third-order valence-electron chi connectivity index (χ3n) is 5.34. The number of carbonyl (C=O) groups is 2. The van der Waals surface area contributed by atoms with E-state index in [0.29, 0.717) is 0 Å². The summed E-state index contributed by atoms with van der Waals surface area (Å²) >= 11 is 1.48. The maximum absolute atomic E-state index is 13.5. The molecular weight excluding hydrogens is 399 g/mol. The van der Waals surface area contributed by atoms with Gasteiger partial charge in [0.2, 0.25) is 0 Å². The average molecular weight is 417 g/mol. The van der Waals surface area contributed by atoms with Gasteiger partial charge in [-0.3, -0.25) is 0 Å². The molecule has 148 valence electrons. The molecule has 2 aliphatic heterocycles. The number of imide groups is 1. The molecule has 0 saturated heterocycles. The summed E-state index contributed by atoms with van der Waals surface area (Å²) in [5.74, 6) is -0.521. The Kier molecular flexibility index (Phi) is 4.71. The van der Waals surface area contributed by atoms with Crippen LogP contribution in [0.4, 0.5) is 9.18 Å². The van der Waals surface area contributed by atoms with Gasteiger partial charge >= 0.3 is 11.9 Å². The van der Waals surface area contributed by atoms with Crippen molar-refractivity contribution in [1.82, 2.24) is 4.90 Å². The topological polar surface area (TPSA) is 40.4 Å². The van der Waals surface area contributed by atoms with Crippen molar-refractivity contribution in [3.63, 3.8) is 0 Å². The third kappa shape index (κ3) is 3.23. The van der Waals surface area contributed by atoms with Crippen LogP contribution >= 0.6 is 11.8 Å². The van der Waals surface area contributed by atoms with E-state index in [1.54, 1.807) is 16.7 Å². The maximum atomic E-state index is 13.5. The van der Waals surface area contributed by atoms with E-state index in [1.165, 1.54) is 28.8 Å². The Bertz CT molecular complexity index is 1180. The number of hydrogen-bond donors (Lipinski definition) is 0. The van der Waals surface area contributed by atoms with Crippen molar-refractivity contribution in [2.45, 2.75) is 23.2 Å². The summed E-state index contributed by atoms with van der Waals surface area (Å²) in [5.41, 5.74) is 3.33. The monoisotopic (exact) mass is 417 g/mol. The zero-order chi connectivity index (χ0) is 20.7. The second-order valence-corrected chi connectivity index (χ2v) is 8.43. The highest BCUT2D eigenvalue weighted by molar-refractivity contribution is 8.02. The Hall–Kier alpha value is -3.25. The van der Waals surface area contributed by atoms with Gasteiger partial charge in [0.05, 0.1) is 0 Å². The van der Waals surface area contributed by atoms with Crippen molar-refractivity contribution in [1.29, 1.82) is 0 Å². The van der Waals surface area contributed by atoms with Crippen molar-refractivity contribution >= 4 is 29.4 Å². The summed E-state index contributed by atoms with van der Waals surface area (Å²) in [4.78, 5) is 29.1. The van der Waals surface area contributed by atoms with Crippen LogP contribution in [0.2, 0.25) is 0 Å². The predicted octanol–water partition coefficient (Wildman–Crippen LogP) is 4.46. The third-order valence-corrected chi connectivity index (χ3v) is 6.61. The molecule has 2 aliphatic rings. The number of urea groups is 1. The number of fused-ring (bicyclic) bond motifs is 3. The number of benzene rings is 3. The number of thioether (sulfide) groups is 1. The molecule has 3 amide bonds. The van der Waals surface area contributed by atoms with Gasteiger partial charge in [0.1, 0.15) is 24.6 Å². The smallest absolute Gasteiger partial charge is 0.245 e. The van der Waals surface area contributed by atoms with E-state index in [4.69, 9.17) is 0 Å². The molecule has 1 unspecified atom stereocenters. The molecule has 5 rings (SSSR count). The van der Waals surface area contributed by atoms with E-state index >= 15 is 0 Å². The van der Waals surface area contributed by atoms with Crippen LogP contribution in [0.3, 0.4) is 0 Å². The Morgan fingerprint density at radius 3 is 2.33 bits per heavy atom. The highest BCUT2D eigenvalue weighted by Gasteiger charge is 2.52. The van der Waals surface area contributed by atoms with Gasteiger partial charge in [-0.05, 0) is 35.4 Å². The van der Waals surface area contributed by atoms with Gasteiger partial charge < -0.3 is 0 Å². The first-order chi connectivity index (χ1) is 14.6. The van der Waals surface area contributed by atoms with E-state index < -0.39 is 5.25 Å². The van der Waals surface area contributed by atoms with Crippen LogP contribution < -0.4 is 0 Å². The zero-order valence-electron chi connectivity index (χ0n) is 16.0. The van der Waals surface area contributed by atoms with E-state index in [2.05, 4.69) is 0 Å². The normalized spacial score (nSPS) is 17.9. The largest absolute Gasteiger partial charge is 0.501 e. The first kappa shape index (κ1) is 18.8. The second-order valence-electron chi connectivity index (χ2n) is 7.28. The number of halogens is 1. The van der Waals surface area contributed by atoms with Gasteiger partial charge in [-0.15, -0.1) is 11.8 Å². The van der Waals surface area contributed by atoms with Gasteiger partial charge in [-0.2, -0.15) is 14.3 Å². The molecule has 0 saturated carbocycles. The number of nitrogens with zero attached hydrogens (tertiary/aromatic N) is 2. The van der Waals surface area contributed by atoms with Crippen LogP contribution in [0, 0.1) is 5.82 Å². The molecule has 0 radical (unpaired) electrons. The highest BCUT2D eigenvalue weighted by Crippen LogP contribution is 2.40. The van der Waals surface area contributed by atoms with Gasteiger partial charge in [0, 0.05) is 10.5 Å². The van der Waals surface area contributed by atoms with Crippen LogP contribution in [0.15, 0.2) is 83.8 Å². The minimum Gasteiger partial charge on any atom is -0.245 e. The highest BCUT2D eigenvalue weighted by atomic mass is 32.2. The van der Waals surface area contributed by atoms with Crippen molar-refractivity contribution in [2.75, 3.05) is 0 Å². The van der Waals surface area contributed by atoms with Gasteiger partial charge in [-0.1, -0.05) is 54.6 Å². The molecule has 2 heterocycles. The van der Waals surface area contributed by atoms with Crippen LogP contribution in [0.25, 0.3) is 0 Å². The Morgan fingerprint density at radius 1 is 0.867 bits per heavy atom. The molecular formula is C24H18FN2O2S+. The SMILES string of the molecule is O=C1C2Sc3ccccc3C2=[N+](Cc2ccc(F)cc2)C(=O)N1Cc1ccccc1. The fraction of sp³-hybridized carbons (Fsp3) is 0.125. The first-order valence-electron chi connectivity index (χ1n) is 9.66. The Labute approximate surface area is 177 Å². The average Bonchev–Trinajstić information content (AvgIpc) is 3.16. The molecule has 0 aromatic heterocycles. The van der Waals surface area contributed by atoms with Crippen LogP contribution in [0.5, 0.6) is 0 Å². The summed E-state index contributed by atoms with van der Waals surface area (Å²) in [5, 5.41) is -0.468. The molecule has 0 spiro atoms. The van der Waals surface area contributed by atoms with Crippen LogP contribution in [-0.4, -0.2) is 32.4 Å². The van der Waals surface area contributed by atoms with E-state index in [-0.39, 0.29) is 30.8 Å². The first-order valence-corrected chi connectivity index (χ1v) is 10.5. The Morgan fingerprint density at radius 2 is 1.57 bits per heavy atom. The molecule has 1 atom stereocenters. The van der Waals surface area contributed by atoms with Crippen LogP contribution in [-0.2, 0) is 17.9 Å². The van der Waals surface area contributed by atoms with Crippen molar-refractivity contribution < 1.29 is 18.6 Å². The molecule has 3 aromatic carbocycles. The van der Waals surface area contributed by atoms with E-state index in [1.807, 2.05) is 54.6 Å². The number of hydrogen-bond acceptors (Lipinski definition) is 3. The summed E-state index contributed by atoms with van der Waals surface area (Å²) < 4.78 is 15.0. The molecule has 0 aliphatic carbocycles. The van der Waals surface area contributed by atoms with Crippen molar-refractivity contribution in [3.8, 4) is 0 Å². The summed E-state index contributed by atoms with van der Waals surface area (Å²) in [6, 6.07) is 23.0. The fourth-order valence-corrected chi connectivity index (χ4v) is 5.19. The number of amides is 3. The molecule has 0 fully saturated rings. The predicted molar refractivity (Wildman–Crippen MR) is 113 cm³/mol. The van der Waals surface area contributed by atoms with Gasteiger partial charge in [-0.25, -0.2) is 9.18 Å². The maximum Gasteiger partial charge on any atom is 0.501 e. The minimum atomic E-state index is -0.468. The fourth-order valence-electron chi connectivity index (χ4n) is 3.88. The van der Waals surface area contributed by atoms with E-state index in [0.717, 1.165) is 27.3 Å². The number of rotatable bonds is 4. The minimum absolute atomic E-state index is 0.199. The molecule has 0 N–H and O–H groups in total. The Balaban J connectivity index is 1.60. The lowest BCUT2D eigenvalue weighted by molar-refractivity contribution is -0.455. The van der Waals surface area contributed by atoms with Crippen LogP contribution in [0.1, 0.15) is 16.7 Å². The zero-order valence-corrected chi connectivity index (χ0v) is 16.8. The van der Waals surface area contributed by atoms with Gasteiger partial charge in [0.25, 0.3) is 0 Å². The lowest BCUT2D eigenvalue weighted by Gasteiger charge is -2.24. The molecule has 6 heteroatoms. The standard InChI is InChI=1S/C24H18FN2O2S/c25-18-12-10-17(11-13-18)14-26-21-19-8-4-5-9-20(19)30-22(21)23(28)27(24(26)29)15-16-6-2-1-3-7-16/h1-13,22H,14-15H2/q+1. The second kappa shape index (κ2) is 7.54. The van der Waals surface area contributed by atoms with Crippen molar-refractivity contribution in [3.05, 3.63) is 101 Å². The summed E-state index contributed by atoms with van der Waals surface area (Å²) in [7, 11) is 0. The lowest BCUT2D eigenvalue weighted by atomic mass is 10.0. The summed E-state index contributed by atoms with van der Waals surface area (Å²) in [6.45, 7) is 0.498. The molecule has 0 bridgehead atoms. The lowest BCUT2D eigenvalue weighted by Crippen LogP contribution is -2.54. The van der Waals surface area contributed by atoms with E-state index in [9.17, 15) is 14.0 Å². The molecule has 30 heavy (non-hydrogen) atoms. The summed E-state index contributed by atoms with van der Waals surface area (Å²) in [6.07, 6.45) is 0. The van der Waals surface area contributed by atoms with Gasteiger partial charge in [0.15, 0.2) is 5.25 Å². The molecule has 4 nitrogen and oxygen atoms in total.